The normalized spacial score (nSPS) is 14.9. The van der Waals surface area contributed by atoms with E-state index in [1.165, 1.54) is 27.3 Å². The topological polar surface area (TPSA) is 23.6 Å². The lowest BCUT2D eigenvalue weighted by Gasteiger charge is -2.37. The van der Waals surface area contributed by atoms with Crippen LogP contribution in [0.2, 0.25) is 0 Å². The van der Waals surface area contributed by atoms with Crippen molar-refractivity contribution >= 4 is 22.9 Å². The first-order chi connectivity index (χ1) is 12.0. The van der Waals surface area contributed by atoms with Crippen LogP contribution >= 0.6 is 11.3 Å². The lowest BCUT2D eigenvalue weighted by Crippen LogP contribution is -2.48. The van der Waals surface area contributed by atoms with Crippen LogP contribution in [0.4, 0.5) is 5.69 Å². The highest BCUT2D eigenvalue weighted by atomic mass is 32.1. The van der Waals surface area contributed by atoms with Crippen LogP contribution < -0.4 is 4.90 Å². The molecular formula is C21H28N2OS. The van der Waals surface area contributed by atoms with Crippen molar-refractivity contribution in [1.82, 2.24) is 4.90 Å². The molecule has 1 amide bonds. The fourth-order valence-corrected chi connectivity index (χ4v) is 4.57. The minimum atomic E-state index is 0.205. The van der Waals surface area contributed by atoms with Gasteiger partial charge in [-0.2, -0.15) is 0 Å². The molecule has 2 heterocycles. The average Bonchev–Trinajstić information content (AvgIpc) is 2.98. The number of piperazine rings is 1. The zero-order valence-corrected chi connectivity index (χ0v) is 16.6. The molecular weight excluding hydrogens is 328 g/mol. The van der Waals surface area contributed by atoms with Crippen molar-refractivity contribution in [2.24, 2.45) is 0 Å². The lowest BCUT2D eigenvalue weighted by molar-refractivity contribution is 0.0751. The number of carbonyl (C=O) groups is 1. The molecule has 0 saturated carbocycles. The van der Waals surface area contributed by atoms with Crippen LogP contribution in [0.5, 0.6) is 0 Å². The van der Waals surface area contributed by atoms with Gasteiger partial charge in [0.1, 0.15) is 0 Å². The van der Waals surface area contributed by atoms with Crippen LogP contribution in [0.3, 0.4) is 0 Å². The molecule has 0 N–H and O–H groups in total. The zero-order chi connectivity index (χ0) is 18.0. The molecule has 3 rings (SSSR count). The summed E-state index contributed by atoms with van der Waals surface area (Å²) in [4.78, 5) is 19.5. The second-order valence-electron chi connectivity index (χ2n) is 6.94. The molecule has 0 radical (unpaired) electrons. The van der Waals surface area contributed by atoms with E-state index in [-0.39, 0.29) is 5.91 Å². The third kappa shape index (κ3) is 3.74. The molecule has 1 aromatic carbocycles. The molecule has 25 heavy (non-hydrogen) atoms. The predicted octanol–water partition coefficient (Wildman–Crippen LogP) is 4.59. The molecule has 1 saturated heterocycles. The maximum atomic E-state index is 12.9. The average molecular weight is 357 g/mol. The van der Waals surface area contributed by atoms with Crippen molar-refractivity contribution in [3.63, 3.8) is 0 Å². The van der Waals surface area contributed by atoms with Crippen LogP contribution in [-0.4, -0.2) is 37.0 Å². The van der Waals surface area contributed by atoms with Crippen molar-refractivity contribution in [1.29, 1.82) is 0 Å². The van der Waals surface area contributed by atoms with E-state index in [0.29, 0.717) is 0 Å². The summed E-state index contributed by atoms with van der Waals surface area (Å²) in [5.41, 5.74) is 5.32. The molecule has 1 aliphatic heterocycles. The Morgan fingerprint density at radius 3 is 2.52 bits per heavy atom. The van der Waals surface area contributed by atoms with Gasteiger partial charge < -0.3 is 9.80 Å². The molecule has 0 atom stereocenters. The molecule has 1 aliphatic rings. The third-order valence-corrected chi connectivity index (χ3v) is 6.32. The molecule has 4 heteroatoms. The summed E-state index contributed by atoms with van der Waals surface area (Å²) < 4.78 is 0. The Bertz CT molecular complexity index is 757. The van der Waals surface area contributed by atoms with Gasteiger partial charge in [0.05, 0.1) is 4.88 Å². The van der Waals surface area contributed by atoms with Gasteiger partial charge in [0.2, 0.25) is 0 Å². The molecule has 3 nitrogen and oxygen atoms in total. The lowest BCUT2D eigenvalue weighted by atomic mass is 10.1. The van der Waals surface area contributed by atoms with Crippen molar-refractivity contribution < 1.29 is 4.79 Å². The number of hydrogen-bond acceptors (Lipinski definition) is 3. The van der Waals surface area contributed by atoms with Crippen LogP contribution in [-0.2, 0) is 6.42 Å². The number of benzene rings is 1. The van der Waals surface area contributed by atoms with Gasteiger partial charge in [-0.15, -0.1) is 11.3 Å². The first kappa shape index (κ1) is 18.0. The quantitative estimate of drug-likeness (QED) is 0.800. The molecule has 1 fully saturated rings. The number of thiophene rings is 1. The minimum absolute atomic E-state index is 0.205. The van der Waals surface area contributed by atoms with E-state index in [9.17, 15) is 4.79 Å². The van der Waals surface area contributed by atoms with Gasteiger partial charge in [-0.1, -0.05) is 25.5 Å². The van der Waals surface area contributed by atoms with Crippen LogP contribution in [0.15, 0.2) is 24.3 Å². The van der Waals surface area contributed by atoms with Gasteiger partial charge in [-0.25, -0.2) is 0 Å². The number of anilines is 1. The highest BCUT2D eigenvalue weighted by molar-refractivity contribution is 7.14. The van der Waals surface area contributed by atoms with Crippen LogP contribution in [0.25, 0.3) is 0 Å². The van der Waals surface area contributed by atoms with Gasteiger partial charge in [0, 0.05) is 36.7 Å². The van der Waals surface area contributed by atoms with Gasteiger partial charge in [-0.05, 0) is 56.0 Å². The Morgan fingerprint density at radius 1 is 1.12 bits per heavy atom. The number of carbonyl (C=O) groups excluding carboxylic acids is 1. The molecule has 1 aromatic heterocycles. The van der Waals surface area contributed by atoms with E-state index < -0.39 is 0 Å². The van der Waals surface area contributed by atoms with Gasteiger partial charge >= 0.3 is 0 Å². The number of hydrogen-bond donors (Lipinski definition) is 0. The van der Waals surface area contributed by atoms with E-state index in [2.05, 4.69) is 56.9 Å². The number of rotatable bonds is 4. The molecule has 2 aromatic rings. The maximum Gasteiger partial charge on any atom is 0.264 e. The predicted molar refractivity (Wildman–Crippen MR) is 107 cm³/mol. The molecule has 134 valence electrons. The highest BCUT2D eigenvalue weighted by Crippen LogP contribution is 2.26. The first-order valence-electron chi connectivity index (χ1n) is 9.21. The highest BCUT2D eigenvalue weighted by Gasteiger charge is 2.24. The Morgan fingerprint density at radius 2 is 1.84 bits per heavy atom. The summed E-state index contributed by atoms with van der Waals surface area (Å²) in [5, 5.41) is 0. The summed E-state index contributed by atoms with van der Waals surface area (Å²) in [7, 11) is 0. The van der Waals surface area contributed by atoms with E-state index in [4.69, 9.17) is 0 Å². The smallest absolute Gasteiger partial charge is 0.264 e. The second kappa shape index (κ2) is 7.61. The molecule has 0 aliphatic carbocycles. The standard InChI is InChI=1S/C21H28N2OS/c1-5-7-18-14-20(25-17(18)4)21(24)23-12-10-22(11-13-23)19-9-6-8-15(2)16(19)3/h6,8-9,14H,5,7,10-13H2,1-4H3. The fourth-order valence-electron chi connectivity index (χ4n) is 3.53. The number of nitrogens with zero attached hydrogens (tertiary/aromatic N) is 2. The van der Waals surface area contributed by atoms with E-state index >= 15 is 0 Å². The molecule has 0 spiro atoms. The number of aryl methyl sites for hydroxylation is 3. The summed E-state index contributed by atoms with van der Waals surface area (Å²) in [5.74, 6) is 0.205. The first-order valence-corrected chi connectivity index (χ1v) is 10.0. The minimum Gasteiger partial charge on any atom is -0.368 e. The maximum absolute atomic E-state index is 12.9. The summed E-state index contributed by atoms with van der Waals surface area (Å²) in [6.45, 7) is 12.1. The largest absolute Gasteiger partial charge is 0.368 e. The van der Waals surface area contributed by atoms with E-state index in [1.807, 2.05) is 4.90 Å². The molecule has 0 bridgehead atoms. The van der Waals surface area contributed by atoms with Gasteiger partial charge in [-0.3, -0.25) is 4.79 Å². The Kier molecular flexibility index (Phi) is 5.48. The monoisotopic (exact) mass is 356 g/mol. The third-order valence-electron chi connectivity index (χ3n) is 5.23. The van der Waals surface area contributed by atoms with Crippen molar-refractivity contribution in [2.75, 3.05) is 31.1 Å². The molecule has 0 unspecified atom stereocenters. The van der Waals surface area contributed by atoms with Crippen LogP contribution in [0, 0.1) is 20.8 Å². The number of amides is 1. The van der Waals surface area contributed by atoms with E-state index in [0.717, 1.165) is 43.9 Å². The summed E-state index contributed by atoms with van der Waals surface area (Å²) in [6.07, 6.45) is 2.19. The van der Waals surface area contributed by atoms with Gasteiger partial charge in [0.25, 0.3) is 5.91 Å². The van der Waals surface area contributed by atoms with Crippen LogP contribution in [0.1, 0.15) is 44.6 Å². The Balaban J connectivity index is 1.66. The Labute approximate surface area is 155 Å². The van der Waals surface area contributed by atoms with Crippen molar-refractivity contribution in [3.05, 3.63) is 50.7 Å². The fraction of sp³-hybridized carbons (Fsp3) is 0.476. The SMILES string of the molecule is CCCc1cc(C(=O)N2CCN(c3cccc(C)c3C)CC2)sc1C. The van der Waals surface area contributed by atoms with Crippen molar-refractivity contribution in [3.8, 4) is 0 Å². The Hall–Kier alpha value is -1.81. The zero-order valence-electron chi connectivity index (χ0n) is 15.8. The van der Waals surface area contributed by atoms with E-state index in [1.54, 1.807) is 11.3 Å². The second-order valence-corrected chi connectivity index (χ2v) is 8.20. The van der Waals surface area contributed by atoms with Crippen molar-refractivity contribution in [2.45, 2.75) is 40.5 Å². The summed E-state index contributed by atoms with van der Waals surface area (Å²) in [6, 6.07) is 8.59. The van der Waals surface area contributed by atoms with Gasteiger partial charge in [0.15, 0.2) is 0 Å². The summed E-state index contributed by atoms with van der Waals surface area (Å²) >= 11 is 1.65.